The maximum absolute atomic E-state index is 12.7. The van der Waals surface area contributed by atoms with E-state index >= 15 is 0 Å². The first kappa shape index (κ1) is 15.4. The Bertz CT molecular complexity index is 502. The normalized spacial score (nSPS) is 25.8. The maximum Gasteiger partial charge on any atom is 0.136 e. The minimum absolute atomic E-state index is 0.215. The fraction of sp³-hybridized carbons (Fsp3) is 0.667. The van der Waals surface area contributed by atoms with Crippen LogP contribution in [0.2, 0.25) is 0 Å². The Kier molecular flexibility index (Phi) is 4.10. The second-order valence-corrected chi connectivity index (χ2v) is 9.73. The van der Waals surface area contributed by atoms with Crippen molar-refractivity contribution in [3.8, 4) is 0 Å². The van der Waals surface area contributed by atoms with Gasteiger partial charge in [0.05, 0.1) is 6.04 Å². The van der Waals surface area contributed by atoms with Crippen molar-refractivity contribution in [1.29, 1.82) is 0 Å². The smallest absolute Gasteiger partial charge is 0.136 e. The van der Waals surface area contributed by atoms with Gasteiger partial charge in [-0.1, -0.05) is 43.5 Å². The average molecular weight is 305 g/mol. The molecular weight excluding hydrogens is 278 g/mol. The SMILES string of the molecule is CC(C)(C)[S+]([O-])NC1c2ccccc2CC12CCCCC2. The van der Waals surface area contributed by atoms with Crippen LogP contribution in [0.15, 0.2) is 24.3 Å². The molecule has 0 bridgehead atoms. The monoisotopic (exact) mass is 305 g/mol. The molecule has 1 aromatic carbocycles. The lowest BCUT2D eigenvalue weighted by Gasteiger charge is -2.40. The summed E-state index contributed by atoms with van der Waals surface area (Å²) in [6.07, 6.45) is 7.67. The van der Waals surface area contributed by atoms with Gasteiger partial charge in [0, 0.05) is 11.4 Å². The lowest BCUT2D eigenvalue weighted by molar-refractivity contribution is 0.152. The largest absolute Gasteiger partial charge is 0.598 e. The highest BCUT2D eigenvalue weighted by atomic mass is 32.2. The number of hydrogen-bond acceptors (Lipinski definition) is 2. The molecule has 0 saturated heterocycles. The van der Waals surface area contributed by atoms with Gasteiger partial charge in [0.1, 0.15) is 4.75 Å². The molecule has 2 aliphatic carbocycles. The van der Waals surface area contributed by atoms with Gasteiger partial charge in [0.15, 0.2) is 0 Å². The van der Waals surface area contributed by atoms with E-state index in [4.69, 9.17) is 0 Å². The van der Waals surface area contributed by atoms with Gasteiger partial charge in [-0.2, -0.15) is 0 Å². The summed E-state index contributed by atoms with van der Waals surface area (Å²) in [6, 6.07) is 9.01. The van der Waals surface area contributed by atoms with Crippen LogP contribution in [0.25, 0.3) is 0 Å². The summed E-state index contributed by atoms with van der Waals surface area (Å²) in [6.45, 7) is 6.14. The molecule has 2 unspecified atom stereocenters. The summed E-state index contributed by atoms with van der Waals surface area (Å²) in [5.74, 6) is 0. The molecule has 2 nitrogen and oxygen atoms in total. The lowest BCUT2D eigenvalue weighted by atomic mass is 9.70. The number of hydrogen-bond donors (Lipinski definition) is 1. The van der Waals surface area contributed by atoms with Crippen molar-refractivity contribution in [3.05, 3.63) is 35.4 Å². The summed E-state index contributed by atoms with van der Waals surface area (Å²) in [7, 11) is 0. The Hall–Kier alpha value is -0.510. The van der Waals surface area contributed by atoms with Crippen molar-refractivity contribution in [2.24, 2.45) is 5.41 Å². The molecule has 2 aliphatic rings. The number of rotatable bonds is 2. The summed E-state index contributed by atoms with van der Waals surface area (Å²) >= 11 is -1.01. The van der Waals surface area contributed by atoms with Crippen LogP contribution in [0.1, 0.15) is 70.0 Å². The zero-order valence-electron chi connectivity index (χ0n) is 13.4. The first-order chi connectivity index (χ1) is 9.92. The highest BCUT2D eigenvalue weighted by molar-refractivity contribution is 7.90. The molecule has 2 atom stereocenters. The molecule has 3 heteroatoms. The van der Waals surface area contributed by atoms with E-state index in [0.29, 0.717) is 5.41 Å². The molecule has 3 rings (SSSR count). The molecular formula is C18H27NOS. The van der Waals surface area contributed by atoms with Crippen LogP contribution in [0, 0.1) is 5.41 Å². The minimum Gasteiger partial charge on any atom is -0.598 e. The van der Waals surface area contributed by atoms with Crippen LogP contribution in [0.4, 0.5) is 0 Å². The van der Waals surface area contributed by atoms with Crippen LogP contribution >= 0.6 is 0 Å². The second kappa shape index (κ2) is 5.60. The van der Waals surface area contributed by atoms with Crippen molar-refractivity contribution >= 4 is 11.4 Å². The van der Waals surface area contributed by atoms with E-state index in [0.717, 1.165) is 6.42 Å². The van der Waals surface area contributed by atoms with E-state index in [2.05, 4.69) is 29.0 Å². The average Bonchev–Trinajstić information content (AvgIpc) is 2.72. The van der Waals surface area contributed by atoms with Gasteiger partial charge in [-0.15, -0.1) is 4.72 Å². The highest BCUT2D eigenvalue weighted by Gasteiger charge is 2.49. The van der Waals surface area contributed by atoms with Crippen molar-refractivity contribution in [2.75, 3.05) is 0 Å². The molecule has 0 aliphatic heterocycles. The van der Waals surface area contributed by atoms with E-state index in [1.165, 1.54) is 43.2 Å². The summed E-state index contributed by atoms with van der Waals surface area (Å²) in [5.41, 5.74) is 3.14. The van der Waals surface area contributed by atoms with Crippen LogP contribution < -0.4 is 4.72 Å². The standard InChI is InChI=1S/C18H27NOS/c1-17(2,3)21(20)19-16-15-10-6-5-9-14(15)13-18(16)11-7-4-8-12-18/h5-6,9-10,16,19H,4,7-8,11-13H2,1-3H3. The van der Waals surface area contributed by atoms with Gasteiger partial charge in [0.2, 0.25) is 0 Å². The number of fused-ring (bicyclic) bond motifs is 1. The van der Waals surface area contributed by atoms with Crippen molar-refractivity contribution in [3.63, 3.8) is 0 Å². The minimum atomic E-state index is -1.01. The Labute approximate surface area is 132 Å². The third-order valence-corrected chi connectivity index (χ3v) is 6.71. The summed E-state index contributed by atoms with van der Waals surface area (Å²) < 4.78 is 15.9. The summed E-state index contributed by atoms with van der Waals surface area (Å²) in [5, 5.41) is 0. The van der Waals surface area contributed by atoms with Crippen molar-refractivity contribution in [1.82, 2.24) is 4.72 Å². The third-order valence-electron chi connectivity index (χ3n) is 5.15. The molecule has 1 N–H and O–H groups in total. The molecule has 1 fully saturated rings. The predicted octanol–water partition coefficient (Wildman–Crippen LogP) is 4.29. The zero-order chi connectivity index (χ0) is 15.1. The maximum atomic E-state index is 12.7. The Morgan fingerprint density at radius 1 is 1.14 bits per heavy atom. The third kappa shape index (κ3) is 2.88. The molecule has 1 saturated carbocycles. The first-order valence-corrected chi connectivity index (χ1v) is 9.33. The van der Waals surface area contributed by atoms with Crippen LogP contribution in [0.5, 0.6) is 0 Å². The van der Waals surface area contributed by atoms with Gasteiger partial charge in [-0.05, 0) is 56.6 Å². The molecule has 1 spiro atoms. The molecule has 1 aromatic rings. The number of benzene rings is 1. The van der Waals surface area contributed by atoms with E-state index in [-0.39, 0.29) is 10.8 Å². The van der Waals surface area contributed by atoms with Gasteiger partial charge >= 0.3 is 0 Å². The fourth-order valence-electron chi connectivity index (χ4n) is 3.98. The topological polar surface area (TPSA) is 35.1 Å². The second-order valence-electron chi connectivity index (χ2n) is 7.73. The molecule has 21 heavy (non-hydrogen) atoms. The van der Waals surface area contributed by atoms with Crippen LogP contribution in [-0.4, -0.2) is 9.30 Å². The fourth-order valence-corrected chi connectivity index (χ4v) is 4.93. The Morgan fingerprint density at radius 2 is 1.81 bits per heavy atom. The highest BCUT2D eigenvalue weighted by Crippen LogP contribution is 2.54. The predicted molar refractivity (Wildman–Crippen MR) is 89.4 cm³/mol. The van der Waals surface area contributed by atoms with Gasteiger partial charge in [-0.25, -0.2) is 0 Å². The van der Waals surface area contributed by atoms with Gasteiger partial charge in [-0.3, -0.25) is 0 Å². The molecule has 0 heterocycles. The Balaban J connectivity index is 1.92. The Morgan fingerprint density at radius 3 is 2.48 bits per heavy atom. The summed E-state index contributed by atoms with van der Waals surface area (Å²) in [4.78, 5) is 0. The van der Waals surface area contributed by atoms with Gasteiger partial charge < -0.3 is 4.55 Å². The number of nitrogens with one attached hydrogen (secondary N) is 1. The first-order valence-electron chi connectivity index (χ1n) is 8.18. The zero-order valence-corrected chi connectivity index (χ0v) is 14.3. The van der Waals surface area contributed by atoms with Crippen molar-refractivity contribution < 1.29 is 4.55 Å². The molecule has 0 radical (unpaired) electrons. The molecule has 116 valence electrons. The quantitative estimate of drug-likeness (QED) is 0.827. The van der Waals surface area contributed by atoms with E-state index in [1.54, 1.807) is 0 Å². The molecule has 0 aromatic heterocycles. The van der Waals surface area contributed by atoms with E-state index in [1.807, 2.05) is 20.8 Å². The van der Waals surface area contributed by atoms with Crippen LogP contribution in [-0.2, 0) is 17.8 Å². The van der Waals surface area contributed by atoms with Crippen LogP contribution in [0.3, 0.4) is 0 Å². The lowest BCUT2D eigenvalue weighted by Crippen LogP contribution is -2.46. The van der Waals surface area contributed by atoms with E-state index in [9.17, 15) is 4.55 Å². The van der Waals surface area contributed by atoms with Gasteiger partial charge in [0.25, 0.3) is 0 Å². The van der Waals surface area contributed by atoms with E-state index < -0.39 is 11.4 Å². The molecule has 0 amide bonds. The van der Waals surface area contributed by atoms with Crippen molar-refractivity contribution in [2.45, 2.75) is 70.1 Å².